The minimum Gasteiger partial charge on any atom is -0.392 e. The second-order valence-electron chi connectivity index (χ2n) is 3.34. The van der Waals surface area contributed by atoms with E-state index in [2.05, 4.69) is 31.2 Å². The van der Waals surface area contributed by atoms with Gasteiger partial charge in [-0.05, 0) is 25.5 Å². The number of aryl methyl sites for hydroxylation is 1. The van der Waals surface area contributed by atoms with Crippen LogP contribution >= 0.6 is 11.8 Å². The monoisotopic (exact) mass is 211 g/mol. The first-order valence-corrected chi connectivity index (χ1v) is 5.78. The first-order valence-electron chi connectivity index (χ1n) is 4.80. The molecule has 0 aromatic heterocycles. The number of thioether (sulfide) groups is 1. The molecule has 0 heterocycles. The molecule has 2 nitrogen and oxygen atoms in total. The molecule has 0 aliphatic rings. The second kappa shape index (κ2) is 6.06. The Labute approximate surface area is 89.5 Å². The van der Waals surface area contributed by atoms with Gasteiger partial charge in [0.25, 0.3) is 0 Å². The zero-order chi connectivity index (χ0) is 10.4. The Morgan fingerprint density at radius 2 is 2.29 bits per heavy atom. The van der Waals surface area contributed by atoms with E-state index in [0.29, 0.717) is 6.54 Å². The lowest BCUT2D eigenvalue weighted by atomic mass is 10.2. The molecule has 78 valence electrons. The molecule has 0 radical (unpaired) electrons. The van der Waals surface area contributed by atoms with Gasteiger partial charge in [0.1, 0.15) is 0 Å². The van der Waals surface area contributed by atoms with Gasteiger partial charge >= 0.3 is 0 Å². The van der Waals surface area contributed by atoms with E-state index in [1.54, 1.807) is 11.8 Å². The highest BCUT2D eigenvalue weighted by Crippen LogP contribution is 2.19. The standard InChI is InChI=1S/C11H17NOS/c1-9-3-2-4-11(7-9)14-6-5-10(13)8-12/h2-4,7,10,13H,5-6,8,12H2,1H3. The molecule has 3 heteroatoms. The number of hydrogen-bond acceptors (Lipinski definition) is 3. The Kier molecular flexibility index (Phi) is 5.01. The Morgan fingerprint density at radius 1 is 1.50 bits per heavy atom. The number of hydrogen-bond donors (Lipinski definition) is 2. The van der Waals surface area contributed by atoms with Crippen molar-refractivity contribution in [2.75, 3.05) is 12.3 Å². The van der Waals surface area contributed by atoms with E-state index in [0.717, 1.165) is 12.2 Å². The number of benzene rings is 1. The summed E-state index contributed by atoms with van der Waals surface area (Å²) < 4.78 is 0. The van der Waals surface area contributed by atoms with Gasteiger partial charge in [0.15, 0.2) is 0 Å². The van der Waals surface area contributed by atoms with Crippen LogP contribution in [0.5, 0.6) is 0 Å². The van der Waals surface area contributed by atoms with Crippen molar-refractivity contribution in [3.8, 4) is 0 Å². The van der Waals surface area contributed by atoms with Gasteiger partial charge in [0.2, 0.25) is 0 Å². The molecule has 3 N–H and O–H groups in total. The van der Waals surface area contributed by atoms with Crippen molar-refractivity contribution in [1.82, 2.24) is 0 Å². The van der Waals surface area contributed by atoms with Crippen molar-refractivity contribution < 1.29 is 5.11 Å². The van der Waals surface area contributed by atoms with Crippen molar-refractivity contribution in [1.29, 1.82) is 0 Å². The molecule has 1 rings (SSSR count). The van der Waals surface area contributed by atoms with Crippen LogP contribution in [-0.4, -0.2) is 23.5 Å². The van der Waals surface area contributed by atoms with Gasteiger partial charge in [-0.25, -0.2) is 0 Å². The molecule has 0 bridgehead atoms. The van der Waals surface area contributed by atoms with Crippen LogP contribution in [0.15, 0.2) is 29.2 Å². The molecule has 0 amide bonds. The average molecular weight is 211 g/mol. The number of aliphatic hydroxyl groups is 1. The molecule has 0 spiro atoms. The third-order valence-electron chi connectivity index (χ3n) is 1.98. The van der Waals surface area contributed by atoms with E-state index in [9.17, 15) is 5.11 Å². The van der Waals surface area contributed by atoms with Crippen molar-refractivity contribution in [3.05, 3.63) is 29.8 Å². The molecule has 1 aromatic rings. The lowest BCUT2D eigenvalue weighted by molar-refractivity contribution is 0.180. The van der Waals surface area contributed by atoms with Crippen LogP contribution in [0.2, 0.25) is 0 Å². The molecular formula is C11H17NOS. The normalized spacial score (nSPS) is 12.8. The van der Waals surface area contributed by atoms with E-state index in [-0.39, 0.29) is 6.10 Å². The minimum atomic E-state index is -0.354. The summed E-state index contributed by atoms with van der Waals surface area (Å²) in [6.45, 7) is 2.44. The first-order chi connectivity index (χ1) is 6.72. The molecule has 1 aromatic carbocycles. The first kappa shape index (κ1) is 11.6. The van der Waals surface area contributed by atoms with E-state index >= 15 is 0 Å². The van der Waals surface area contributed by atoms with Gasteiger partial charge in [0, 0.05) is 17.2 Å². The fourth-order valence-electron chi connectivity index (χ4n) is 1.14. The average Bonchev–Trinajstić information content (AvgIpc) is 2.17. The van der Waals surface area contributed by atoms with Crippen molar-refractivity contribution >= 4 is 11.8 Å². The Morgan fingerprint density at radius 3 is 2.93 bits per heavy atom. The quantitative estimate of drug-likeness (QED) is 0.730. The van der Waals surface area contributed by atoms with Crippen LogP contribution in [0, 0.1) is 6.92 Å². The molecule has 0 aliphatic heterocycles. The van der Waals surface area contributed by atoms with E-state index in [4.69, 9.17) is 5.73 Å². The Hall–Kier alpha value is -0.510. The molecular weight excluding hydrogens is 194 g/mol. The van der Waals surface area contributed by atoms with Gasteiger partial charge in [-0.2, -0.15) is 0 Å². The molecule has 0 fully saturated rings. The predicted molar refractivity (Wildman–Crippen MR) is 61.6 cm³/mol. The maximum atomic E-state index is 9.25. The van der Waals surface area contributed by atoms with Gasteiger partial charge in [-0.3, -0.25) is 0 Å². The van der Waals surface area contributed by atoms with E-state index < -0.39 is 0 Å². The van der Waals surface area contributed by atoms with Crippen molar-refractivity contribution in [2.24, 2.45) is 5.73 Å². The van der Waals surface area contributed by atoms with Crippen molar-refractivity contribution in [2.45, 2.75) is 24.3 Å². The fraction of sp³-hybridized carbons (Fsp3) is 0.455. The van der Waals surface area contributed by atoms with E-state index in [1.165, 1.54) is 10.5 Å². The molecule has 0 saturated carbocycles. The second-order valence-corrected chi connectivity index (χ2v) is 4.51. The lowest BCUT2D eigenvalue weighted by Gasteiger charge is -2.06. The number of aliphatic hydroxyl groups excluding tert-OH is 1. The largest absolute Gasteiger partial charge is 0.392 e. The summed E-state index contributed by atoms with van der Waals surface area (Å²) in [5.74, 6) is 0.918. The highest BCUT2D eigenvalue weighted by molar-refractivity contribution is 7.99. The Bertz CT molecular complexity index is 278. The summed E-state index contributed by atoms with van der Waals surface area (Å²) in [5, 5.41) is 9.25. The fourth-order valence-corrected chi connectivity index (χ4v) is 2.21. The maximum absolute atomic E-state index is 9.25. The zero-order valence-corrected chi connectivity index (χ0v) is 9.26. The topological polar surface area (TPSA) is 46.2 Å². The van der Waals surface area contributed by atoms with Crippen molar-refractivity contribution in [3.63, 3.8) is 0 Å². The molecule has 1 unspecified atom stereocenters. The summed E-state index contributed by atoms with van der Waals surface area (Å²) in [6.07, 6.45) is 0.405. The third kappa shape index (κ3) is 4.13. The molecule has 0 aliphatic carbocycles. The summed E-state index contributed by atoms with van der Waals surface area (Å²) in [6, 6.07) is 8.38. The lowest BCUT2D eigenvalue weighted by Crippen LogP contribution is -2.19. The highest BCUT2D eigenvalue weighted by Gasteiger charge is 2.01. The van der Waals surface area contributed by atoms with Gasteiger partial charge in [-0.1, -0.05) is 17.7 Å². The van der Waals surface area contributed by atoms with Gasteiger partial charge in [0.05, 0.1) is 6.10 Å². The minimum absolute atomic E-state index is 0.354. The van der Waals surface area contributed by atoms with Crippen LogP contribution in [-0.2, 0) is 0 Å². The molecule has 0 saturated heterocycles. The SMILES string of the molecule is Cc1cccc(SCCC(O)CN)c1. The van der Waals surface area contributed by atoms with Gasteiger partial charge < -0.3 is 10.8 Å². The van der Waals surface area contributed by atoms with E-state index in [1.807, 2.05) is 0 Å². The summed E-state index contributed by atoms with van der Waals surface area (Å²) >= 11 is 1.76. The van der Waals surface area contributed by atoms with Crippen LogP contribution in [0.25, 0.3) is 0 Å². The Balaban J connectivity index is 2.31. The summed E-state index contributed by atoms with van der Waals surface area (Å²) in [7, 11) is 0. The molecule has 14 heavy (non-hydrogen) atoms. The zero-order valence-electron chi connectivity index (χ0n) is 8.44. The van der Waals surface area contributed by atoms with Gasteiger partial charge in [-0.15, -0.1) is 11.8 Å². The summed E-state index contributed by atoms with van der Waals surface area (Å²) in [5.41, 5.74) is 6.59. The smallest absolute Gasteiger partial charge is 0.0670 e. The van der Waals surface area contributed by atoms with Crippen LogP contribution in [0.3, 0.4) is 0 Å². The predicted octanol–water partition coefficient (Wildman–Crippen LogP) is 1.80. The number of nitrogens with two attached hydrogens (primary N) is 1. The maximum Gasteiger partial charge on any atom is 0.0670 e. The van der Waals surface area contributed by atoms with Crippen LogP contribution in [0.4, 0.5) is 0 Å². The van der Waals surface area contributed by atoms with Crippen LogP contribution in [0.1, 0.15) is 12.0 Å². The third-order valence-corrected chi connectivity index (χ3v) is 3.01. The highest BCUT2D eigenvalue weighted by atomic mass is 32.2. The van der Waals surface area contributed by atoms with Crippen LogP contribution < -0.4 is 5.73 Å². The summed E-state index contributed by atoms with van der Waals surface area (Å²) in [4.78, 5) is 1.26. The molecule has 1 atom stereocenters. The number of rotatable bonds is 5.